The maximum Gasteiger partial charge on any atom is 0.342 e. The van der Waals surface area contributed by atoms with Gasteiger partial charge < -0.3 is 4.90 Å². The number of rotatable bonds is 2. The molecule has 2 heterocycles. The first-order valence-electron chi connectivity index (χ1n) is 5.23. The van der Waals surface area contributed by atoms with Gasteiger partial charge in [0.1, 0.15) is 0 Å². The van der Waals surface area contributed by atoms with Crippen molar-refractivity contribution < 1.29 is 0 Å². The van der Waals surface area contributed by atoms with Crippen LogP contribution in [0.1, 0.15) is 12.8 Å². The molecule has 0 radical (unpaired) electrons. The molecule has 2 N–H and O–H groups in total. The second kappa shape index (κ2) is 4.32. The molecule has 84 valence electrons. The van der Waals surface area contributed by atoms with Gasteiger partial charge in [-0.15, -0.1) is 0 Å². The van der Waals surface area contributed by atoms with Crippen LogP contribution in [0.15, 0.2) is 4.79 Å². The molecule has 1 aliphatic heterocycles. The van der Waals surface area contributed by atoms with E-state index in [0.717, 1.165) is 32.5 Å². The summed E-state index contributed by atoms with van der Waals surface area (Å²) in [5.74, 6) is 0.574. The number of H-pyrrole nitrogens is 2. The number of aromatic amines is 2. The molecule has 0 aromatic carbocycles. The lowest BCUT2D eigenvalue weighted by molar-refractivity contribution is 0.204. The standard InChI is InChI=1S/C9H16N4OS/c1-12-4-2-7(3-5-12)6-13-8(14)10-11-9(13)15/h7H,2-6H2,1H3,(H,10,14)(H,11,15). The summed E-state index contributed by atoms with van der Waals surface area (Å²) in [6.45, 7) is 2.96. The van der Waals surface area contributed by atoms with E-state index in [1.807, 2.05) is 0 Å². The topological polar surface area (TPSA) is 56.8 Å². The molecule has 0 bridgehead atoms. The third kappa shape index (κ3) is 2.38. The third-order valence-corrected chi connectivity index (χ3v) is 3.37. The van der Waals surface area contributed by atoms with Crippen LogP contribution in [0.3, 0.4) is 0 Å². The first-order valence-corrected chi connectivity index (χ1v) is 5.63. The fraction of sp³-hybridized carbons (Fsp3) is 0.778. The van der Waals surface area contributed by atoms with E-state index in [0.29, 0.717) is 10.7 Å². The van der Waals surface area contributed by atoms with Gasteiger partial charge in [-0.3, -0.25) is 9.67 Å². The van der Waals surface area contributed by atoms with E-state index >= 15 is 0 Å². The molecule has 1 aliphatic rings. The van der Waals surface area contributed by atoms with E-state index in [1.54, 1.807) is 4.57 Å². The van der Waals surface area contributed by atoms with Gasteiger partial charge in [-0.05, 0) is 51.1 Å². The lowest BCUT2D eigenvalue weighted by atomic mass is 9.97. The average Bonchev–Trinajstić information content (AvgIpc) is 2.53. The minimum atomic E-state index is -0.126. The Bertz CT molecular complexity index is 396. The van der Waals surface area contributed by atoms with E-state index < -0.39 is 0 Å². The van der Waals surface area contributed by atoms with Crippen molar-refractivity contribution in [2.75, 3.05) is 20.1 Å². The van der Waals surface area contributed by atoms with Crippen LogP contribution in [-0.2, 0) is 6.54 Å². The largest absolute Gasteiger partial charge is 0.342 e. The molecule has 5 nitrogen and oxygen atoms in total. The Morgan fingerprint density at radius 2 is 2.07 bits per heavy atom. The summed E-state index contributed by atoms with van der Waals surface area (Å²) in [4.78, 5) is 13.7. The monoisotopic (exact) mass is 228 g/mol. The highest BCUT2D eigenvalue weighted by Crippen LogP contribution is 2.17. The highest BCUT2D eigenvalue weighted by Gasteiger charge is 2.18. The zero-order chi connectivity index (χ0) is 10.8. The van der Waals surface area contributed by atoms with Crippen LogP contribution in [0.2, 0.25) is 0 Å². The van der Waals surface area contributed by atoms with Gasteiger partial charge in [-0.2, -0.15) is 0 Å². The molecule has 15 heavy (non-hydrogen) atoms. The molecule has 0 spiro atoms. The van der Waals surface area contributed by atoms with E-state index in [1.165, 1.54) is 0 Å². The predicted octanol–water partition coefficient (Wildman–Crippen LogP) is 0.576. The normalized spacial score (nSPS) is 19.5. The Hall–Kier alpha value is -0.880. The molecule has 0 atom stereocenters. The number of nitrogens with one attached hydrogen (secondary N) is 2. The summed E-state index contributed by atoms with van der Waals surface area (Å²) in [7, 11) is 2.13. The molecule has 1 fully saturated rings. The highest BCUT2D eigenvalue weighted by molar-refractivity contribution is 7.71. The van der Waals surface area contributed by atoms with Gasteiger partial charge in [0, 0.05) is 6.54 Å². The smallest absolute Gasteiger partial charge is 0.306 e. The number of hydrogen-bond acceptors (Lipinski definition) is 3. The second-order valence-electron chi connectivity index (χ2n) is 4.22. The van der Waals surface area contributed by atoms with Crippen LogP contribution < -0.4 is 5.69 Å². The molecule has 1 aromatic rings. The van der Waals surface area contributed by atoms with Crippen molar-refractivity contribution >= 4 is 12.2 Å². The first kappa shape index (κ1) is 10.6. The molecule has 0 saturated carbocycles. The number of likely N-dealkylation sites (tertiary alicyclic amines) is 1. The van der Waals surface area contributed by atoms with Crippen LogP contribution in [-0.4, -0.2) is 39.8 Å². The molecular formula is C9H16N4OS. The van der Waals surface area contributed by atoms with Crippen molar-refractivity contribution in [1.29, 1.82) is 0 Å². The SMILES string of the molecule is CN1CCC(Cn2c(=O)[nH][nH]c2=S)CC1. The molecule has 0 amide bonds. The molecule has 1 saturated heterocycles. The number of hydrogen-bond donors (Lipinski definition) is 2. The van der Waals surface area contributed by atoms with Gasteiger partial charge in [0.15, 0.2) is 4.77 Å². The molecule has 0 aliphatic carbocycles. The van der Waals surface area contributed by atoms with E-state index in [9.17, 15) is 4.79 Å². The Balaban J connectivity index is 2.04. The zero-order valence-electron chi connectivity index (χ0n) is 8.82. The van der Waals surface area contributed by atoms with Gasteiger partial charge in [0.25, 0.3) is 0 Å². The van der Waals surface area contributed by atoms with Crippen molar-refractivity contribution in [2.24, 2.45) is 5.92 Å². The van der Waals surface area contributed by atoms with E-state index in [4.69, 9.17) is 12.2 Å². The summed E-state index contributed by atoms with van der Waals surface area (Å²) in [5.41, 5.74) is -0.126. The first-order chi connectivity index (χ1) is 7.16. The quantitative estimate of drug-likeness (QED) is 0.728. The van der Waals surface area contributed by atoms with Crippen molar-refractivity contribution in [3.05, 3.63) is 15.3 Å². The summed E-state index contributed by atoms with van der Waals surface area (Å²) >= 11 is 5.03. The van der Waals surface area contributed by atoms with Crippen molar-refractivity contribution in [2.45, 2.75) is 19.4 Å². The van der Waals surface area contributed by atoms with Crippen LogP contribution in [0, 0.1) is 10.7 Å². The van der Waals surface area contributed by atoms with Gasteiger partial charge in [0.2, 0.25) is 0 Å². The molecule has 0 unspecified atom stereocenters. The van der Waals surface area contributed by atoms with Gasteiger partial charge in [-0.25, -0.2) is 9.89 Å². The van der Waals surface area contributed by atoms with Crippen LogP contribution in [0.5, 0.6) is 0 Å². The summed E-state index contributed by atoms with van der Waals surface area (Å²) in [6.07, 6.45) is 2.28. The lowest BCUT2D eigenvalue weighted by Crippen LogP contribution is -2.33. The summed E-state index contributed by atoms with van der Waals surface area (Å²) < 4.78 is 2.12. The van der Waals surface area contributed by atoms with E-state index in [-0.39, 0.29) is 5.69 Å². The average molecular weight is 228 g/mol. The third-order valence-electron chi connectivity index (χ3n) is 3.05. The van der Waals surface area contributed by atoms with Crippen molar-refractivity contribution in [3.8, 4) is 0 Å². The van der Waals surface area contributed by atoms with Crippen LogP contribution in [0.4, 0.5) is 0 Å². The Morgan fingerprint density at radius 1 is 1.40 bits per heavy atom. The predicted molar refractivity (Wildman–Crippen MR) is 60.5 cm³/mol. The van der Waals surface area contributed by atoms with Gasteiger partial charge in [0.05, 0.1) is 0 Å². The Kier molecular flexibility index (Phi) is 3.06. The fourth-order valence-corrected chi connectivity index (χ4v) is 2.21. The number of piperidine rings is 1. The van der Waals surface area contributed by atoms with Crippen LogP contribution in [0.25, 0.3) is 0 Å². The van der Waals surface area contributed by atoms with Crippen molar-refractivity contribution in [1.82, 2.24) is 19.7 Å². The Labute approximate surface area is 93.1 Å². The van der Waals surface area contributed by atoms with Gasteiger partial charge >= 0.3 is 5.69 Å². The zero-order valence-corrected chi connectivity index (χ0v) is 9.64. The minimum Gasteiger partial charge on any atom is -0.306 e. The maximum atomic E-state index is 11.4. The van der Waals surface area contributed by atoms with Gasteiger partial charge in [-0.1, -0.05) is 0 Å². The number of aromatic nitrogens is 3. The summed E-state index contributed by atoms with van der Waals surface area (Å²) in [6, 6.07) is 0. The highest BCUT2D eigenvalue weighted by atomic mass is 32.1. The van der Waals surface area contributed by atoms with Crippen molar-refractivity contribution in [3.63, 3.8) is 0 Å². The van der Waals surface area contributed by atoms with E-state index in [2.05, 4.69) is 22.1 Å². The maximum absolute atomic E-state index is 11.4. The fourth-order valence-electron chi connectivity index (χ4n) is 2.00. The second-order valence-corrected chi connectivity index (χ2v) is 4.60. The summed E-state index contributed by atoms with van der Waals surface area (Å²) in [5, 5.41) is 5.17. The molecule has 1 aromatic heterocycles. The lowest BCUT2D eigenvalue weighted by Gasteiger charge is -2.28. The Morgan fingerprint density at radius 3 is 2.60 bits per heavy atom. The minimum absolute atomic E-state index is 0.126. The number of nitrogens with zero attached hydrogens (tertiary/aromatic N) is 2. The molecule has 6 heteroatoms. The molecular weight excluding hydrogens is 212 g/mol. The van der Waals surface area contributed by atoms with Crippen LogP contribution >= 0.6 is 12.2 Å². The molecule has 2 rings (SSSR count).